The zero-order chi connectivity index (χ0) is 19.2. The van der Waals surface area contributed by atoms with Crippen molar-refractivity contribution in [1.82, 2.24) is 0 Å². The maximum atomic E-state index is 12.7. The molecule has 138 valence electrons. The fourth-order valence-corrected chi connectivity index (χ4v) is 7.80. The SMILES string of the molecule is O=C(Nc1ccc(N2S(=O)(=O)c3ccccc3S2(=O)=O)cc1)c1cccs1. The van der Waals surface area contributed by atoms with Gasteiger partial charge < -0.3 is 5.32 Å². The summed E-state index contributed by atoms with van der Waals surface area (Å²) < 4.78 is 51.2. The molecule has 0 atom stereocenters. The Kier molecular flexibility index (Phi) is 4.06. The Balaban J connectivity index is 1.68. The highest BCUT2D eigenvalue weighted by Crippen LogP contribution is 2.40. The van der Waals surface area contributed by atoms with Gasteiger partial charge in [-0.05, 0) is 47.8 Å². The number of fused-ring (bicyclic) bond motifs is 1. The first-order valence-electron chi connectivity index (χ1n) is 7.66. The number of nitrogens with one attached hydrogen (secondary N) is 1. The number of hydrogen-bond donors (Lipinski definition) is 1. The normalized spacial score (nSPS) is 16.7. The van der Waals surface area contributed by atoms with Gasteiger partial charge in [0.2, 0.25) is 0 Å². The number of sulfonamides is 2. The van der Waals surface area contributed by atoms with Crippen LogP contribution in [0.2, 0.25) is 0 Å². The number of rotatable bonds is 3. The Bertz CT molecular complexity index is 1180. The van der Waals surface area contributed by atoms with Crippen LogP contribution in [0.4, 0.5) is 11.4 Å². The molecule has 7 nitrogen and oxygen atoms in total. The Morgan fingerprint density at radius 3 is 1.93 bits per heavy atom. The van der Waals surface area contributed by atoms with Crippen molar-refractivity contribution in [3.8, 4) is 0 Å². The van der Waals surface area contributed by atoms with Gasteiger partial charge in [-0.3, -0.25) is 4.79 Å². The van der Waals surface area contributed by atoms with E-state index in [-0.39, 0.29) is 21.4 Å². The van der Waals surface area contributed by atoms with Crippen LogP contribution in [0.15, 0.2) is 75.8 Å². The average Bonchev–Trinajstić information content (AvgIpc) is 3.22. The standard InChI is InChI=1S/C17H12N2O5S3/c20-17(14-4-3-11-25-14)18-12-7-9-13(10-8-12)19-26(21,22)15-5-1-2-6-16(15)27(19,23)24/h1-11H,(H,18,20). The summed E-state index contributed by atoms with van der Waals surface area (Å²) in [5.74, 6) is -0.299. The molecule has 2 heterocycles. The number of carbonyl (C=O) groups excluding carboxylic acids is 1. The topological polar surface area (TPSA) is 101 Å². The van der Waals surface area contributed by atoms with Gasteiger partial charge >= 0.3 is 0 Å². The quantitative estimate of drug-likeness (QED) is 0.702. The van der Waals surface area contributed by atoms with E-state index in [0.717, 1.165) is 0 Å². The van der Waals surface area contributed by atoms with Crippen LogP contribution in [0.1, 0.15) is 9.67 Å². The molecule has 0 bridgehead atoms. The second kappa shape index (κ2) is 6.19. The minimum Gasteiger partial charge on any atom is -0.321 e. The molecule has 10 heteroatoms. The van der Waals surface area contributed by atoms with E-state index >= 15 is 0 Å². The monoisotopic (exact) mass is 420 g/mol. The molecule has 3 aromatic rings. The zero-order valence-electron chi connectivity index (χ0n) is 13.6. The van der Waals surface area contributed by atoms with Crippen molar-refractivity contribution in [2.75, 3.05) is 9.03 Å². The number of thiophene rings is 1. The van der Waals surface area contributed by atoms with Crippen LogP contribution in [0.25, 0.3) is 0 Å². The Hall–Kier alpha value is -2.69. The Morgan fingerprint density at radius 2 is 1.41 bits per heavy atom. The molecular weight excluding hydrogens is 408 g/mol. The molecule has 0 saturated heterocycles. The predicted molar refractivity (Wildman–Crippen MR) is 102 cm³/mol. The molecule has 2 aromatic carbocycles. The van der Waals surface area contributed by atoms with Crippen molar-refractivity contribution >= 4 is 48.7 Å². The third-order valence-corrected chi connectivity index (χ3v) is 9.22. The van der Waals surface area contributed by atoms with Crippen LogP contribution < -0.4 is 9.03 Å². The second-order valence-corrected chi connectivity index (χ2v) is 10.3. The molecular formula is C17H12N2O5S3. The lowest BCUT2D eigenvalue weighted by Gasteiger charge is -2.16. The molecule has 0 aliphatic carbocycles. The van der Waals surface area contributed by atoms with Crippen molar-refractivity contribution < 1.29 is 21.6 Å². The minimum absolute atomic E-state index is 0.0275. The molecule has 0 saturated carbocycles. The van der Waals surface area contributed by atoms with E-state index in [9.17, 15) is 21.6 Å². The summed E-state index contributed by atoms with van der Waals surface area (Å²) in [6, 6.07) is 14.5. The fourth-order valence-electron chi connectivity index (χ4n) is 2.73. The van der Waals surface area contributed by atoms with Gasteiger partial charge in [-0.2, -0.15) is 20.5 Å². The van der Waals surface area contributed by atoms with E-state index in [1.165, 1.54) is 59.9 Å². The lowest BCUT2D eigenvalue weighted by molar-refractivity contribution is 0.103. The Morgan fingerprint density at radius 1 is 0.815 bits per heavy atom. The number of benzene rings is 2. The molecule has 1 aromatic heterocycles. The van der Waals surface area contributed by atoms with Crippen LogP contribution >= 0.6 is 11.3 Å². The molecule has 1 aliphatic rings. The van der Waals surface area contributed by atoms with Gasteiger partial charge in [0.05, 0.1) is 10.6 Å². The number of carbonyl (C=O) groups is 1. The third-order valence-electron chi connectivity index (χ3n) is 3.92. The number of hydrogen-bond acceptors (Lipinski definition) is 6. The van der Waals surface area contributed by atoms with Crippen LogP contribution in [0.5, 0.6) is 0 Å². The summed E-state index contributed by atoms with van der Waals surface area (Å²) in [6.07, 6.45) is 0. The number of anilines is 2. The van der Waals surface area contributed by atoms with Gasteiger partial charge in [0.25, 0.3) is 26.0 Å². The Labute approximate surface area is 160 Å². The van der Waals surface area contributed by atoms with E-state index in [2.05, 4.69) is 5.32 Å². The molecule has 0 unspecified atom stereocenters. The highest BCUT2D eigenvalue weighted by atomic mass is 32.3. The molecule has 0 radical (unpaired) electrons. The molecule has 27 heavy (non-hydrogen) atoms. The zero-order valence-corrected chi connectivity index (χ0v) is 16.0. The summed E-state index contributed by atoms with van der Waals surface area (Å²) in [7, 11) is -8.44. The first kappa shape index (κ1) is 17.7. The first-order valence-corrected chi connectivity index (χ1v) is 11.4. The molecule has 0 spiro atoms. The fraction of sp³-hybridized carbons (Fsp3) is 0. The summed E-state index contributed by atoms with van der Waals surface area (Å²) >= 11 is 1.29. The van der Waals surface area contributed by atoms with Crippen molar-refractivity contribution in [3.63, 3.8) is 0 Å². The third kappa shape index (κ3) is 2.82. The van der Waals surface area contributed by atoms with Crippen LogP contribution in [0.3, 0.4) is 0 Å². The van der Waals surface area contributed by atoms with E-state index in [1.54, 1.807) is 17.5 Å². The van der Waals surface area contributed by atoms with Crippen molar-refractivity contribution in [2.45, 2.75) is 9.79 Å². The van der Waals surface area contributed by atoms with Crippen LogP contribution in [-0.2, 0) is 20.0 Å². The second-order valence-electron chi connectivity index (χ2n) is 5.63. The van der Waals surface area contributed by atoms with Crippen molar-refractivity contribution in [2.24, 2.45) is 0 Å². The first-order chi connectivity index (χ1) is 12.8. The summed E-state index contributed by atoms with van der Waals surface area (Å²) in [5.41, 5.74) is 0.393. The smallest absolute Gasteiger partial charge is 0.279 e. The maximum absolute atomic E-state index is 12.7. The van der Waals surface area contributed by atoms with Crippen LogP contribution in [-0.4, -0.2) is 22.7 Å². The lowest BCUT2D eigenvalue weighted by atomic mass is 10.3. The van der Waals surface area contributed by atoms with Gasteiger partial charge in [0.15, 0.2) is 0 Å². The minimum atomic E-state index is -4.22. The van der Waals surface area contributed by atoms with Gasteiger partial charge in [0.1, 0.15) is 9.79 Å². The van der Waals surface area contributed by atoms with Gasteiger partial charge in [0, 0.05) is 5.69 Å². The highest BCUT2D eigenvalue weighted by Gasteiger charge is 2.47. The molecule has 1 aliphatic heterocycles. The molecule has 4 rings (SSSR count). The number of amides is 1. The van der Waals surface area contributed by atoms with E-state index in [1.807, 2.05) is 0 Å². The average molecular weight is 420 g/mol. The molecule has 1 N–H and O–H groups in total. The van der Waals surface area contributed by atoms with Crippen molar-refractivity contribution in [3.05, 3.63) is 70.9 Å². The summed E-state index contributed by atoms with van der Waals surface area (Å²) in [4.78, 5) is 12.1. The van der Waals surface area contributed by atoms with E-state index < -0.39 is 20.0 Å². The van der Waals surface area contributed by atoms with Crippen LogP contribution in [0, 0.1) is 0 Å². The molecule has 1 amide bonds. The largest absolute Gasteiger partial charge is 0.321 e. The molecule has 0 fully saturated rings. The van der Waals surface area contributed by atoms with Gasteiger partial charge in [-0.15, -0.1) is 11.3 Å². The summed E-state index contributed by atoms with van der Waals surface area (Å²) in [6.45, 7) is 0. The predicted octanol–water partition coefficient (Wildman–Crippen LogP) is 2.90. The number of nitrogens with zero attached hydrogens (tertiary/aromatic N) is 1. The van der Waals surface area contributed by atoms with Crippen molar-refractivity contribution in [1.29, 1.82) is 0 Å². The summed E-state index contributed by atoms with van der Waals surface area (Å²) in [5, 5.41) is 4.45. The van der Waals surface area contributed by atoms with Gasteiger partial charge in [-0.25, -0.2) is 0 Å². The van der Waals surface area contributed by atoms with E-state index in [0.29, 0.717) is 14.3 Å². The van der Waals surface area contributed by atoms with E-state index in [4.69, 9.17) is 0 Å². The lowest BCUT2D eigenvalue weighted by Crippen LogP contribution is -2.30. The maximum Gasteiger partial charge on any atom is 0.279 e. The van der Waals surface area contributed by atoms with Gasteiger partial charge in [-0.1, -0.05) is 18.2 Å². The highest BCUT2D eigenvalue weighted by molar-refractivity contribution is 8.12.